The van der Waals surface area contributed by atoms with E-state index in [4.69, 9.17) is 16.3 Å². The molecule has 3 aliphatic heterocycles. The van der Waals surface area contributed by atoms with E-state index in [2.05, 4.69) is 24.3 Å². The highest BCUT2D eigenvalue weighted by atomic mass is 35.5. The van der Waals surface area contributed by atoms with Crippen LogP contribution in [-0.4, -0.2) is 52.4 Å². The summed E-state index contributed by atoms with van der Waals surface area (Å²) in [6.45, 7) is 3.76. The van der Waals surface area contributed by atoms with Crippen LogP contribution in [0.3, 0.4) is 0 Å². The van der Waals surface area contributed by atoms with Gasteiger partial charge in [-0.2, -0.15) is 0 Å². The van der Waals surface area contributed by atoms with Crippen LogP contribution >= 0.6 is 11.6 Å². The zero-order valence-corrected chi connectivity index (χ0v) is 20.6. The Labute approximate surface area is 210 Å². The summed E-state index contributed by atoms with van der Waals surface area (Å²) in [7, 11) is 0. The van der Waals surface area contributed by atoms with Crippen LogP contribution in [0.5, 0.6) is 0 Å². The first-order chi connectivity index (χ1) is 17.0. The van der Waals surface area contributed by atoms with Crippen LogP contribution in [0, 0.1) is 0 Å². The molecule has 6 nitrogen and oxygen atoms in total. The standard InChI is InChI=1S/C28H30ClN3O3/c29-21-8-9-22-23(17-32(25(22)16-21)18-26(33)30-12-4-1-5-13-30)27(34)31-14-10-28(11-15-31)24-7-3-2-6-20(24)19-35-28/h2-3,6-9,16-17H,1,4-5,10-15,18-19H2. The highest BCUT2D eigenvalue weighted by molar-refractivity contribution is 6.31. The third kappa shape index (κ3) is 4.03. The number of fused-ring (bicyclic) bond motifs is 3. The van der Waals surface area contributed by atoms with E-state index < -0.39 is 0 Å². The molecule has 2 amide bonds. The average molecular weight is 492 g/mol. The van der Waals surface area contributed by atoms with Gasteiger partial charge in [-0.1, -0.05) is 41.9 Å². The van der Waals surface area contributed by atoms with E-state index in [1.54, 1.807) is 0 Å². The predicted octanol–water partition coefficient (Wildman–Crippen LogP) is 4.97. The number of likely N-dealkylation sites (tertiary alicyclic amines) is 2. The molecule has 1 spiro atoms. The van der Waals surface area contributed by atoms with Crippen LogP contribution in [-0.2, 0) is 28.3 Å². The van der Waals surface area contributed by atoms with Crippen molar-refractivity contribution in [3.63, 3.8) is 0 Å². The molecule has 7 heteroatoms. The Morgan fingerprint density at radius 2 is 1.71 bits per heavy atom. The number of nitrogens with zero attached hydrogens (tertiary/aromatic N) is 3. The molecule has 2 aromatic carbocycles. The first-order valence-electron chi connectivity index (χ1n) is 12.6. The van der Waals surface area contributed by atoms with E-state index in [9.17, 15) is 9.59 Å². The minimum atomic E-state index is -0.282. The molecular weight excluding hydrogens is 462 g/mol. The summed E-state index contributed by atoms with van der Waals surface area (Å²) in [6.07, 6.45) is 6.70. The third-order valence-electron chi connectivity index (χ3n) is 7.96. The summed E-state index contributed by atoms with van der Waals surface area (Å²) in [5, 5.41) is 1.44. The molecule has 0 atom stereocenters. The van der Waals surface area contributed by atoms with Crippen molar-refractivity contribution in [2.24, 2.45) is 0 Å². The summed E-state index contributed by atoms with van der Waals surface area (Å²) < 4.78 is 8.17. The lowest BCUT2D eigenvalue weighted by molar-refractivity contribution is -0.132. The van der Waals surface area contributed by atoms with E-state index in [-0.39, 0.29) is 24.0 Å². The van der Waals surface area contributed by atoms with Gasteiger partial charge in [-0.25, -0.2) is 0 Å². The Hall–Kier alpha value is -2.83. The van der Waals surface area contributed by atoms with Crippen LogP contribution in [0.15, 0.2) is 48.7 Å². The lowest BCUT2D eigenvalue weighted by atomic mass is 9.83. The van der Waals surface area contributed by atoms with Gasteiger partial charge in [-0.15, -0.1) is 0 Å². The zero-order valence-electron chi connectivity index (χ0n) is 19.8. The monoisotopic (exact) mass is 491 g/mol. The van der Waals surface area contributed by atoms with Gasteiger partial charge in [-0.3, -0.25) is 9.59 Å². The van der Waals surface area contributed by atoms with Crippen LogP contribution < -0.4 is 0 Å². The number of rotatable bonds is 3. The number of carbonyl (C=O) groups is 2. The van der Waals surface area contributed by atoms with Crippen LogP contribution in [0.1, 0.15) is 53.6 Å². The SMILES string of the molecule is O=C(Cn1cc(C(=O)N2CCC3(CC2)OCc2ccccc23)c2ccc(Cl)cc21)N1CCCCC1. The fourth-order valence-electron chi connectivity index (χ4n) is 5.99. The highest BCUT2D eigenvalue weighted by Gasteiger charge is 2.43. The van der Waals surface area contributed by atoms with E-state index in [1.807, 2.05) is 38.8 Å². The Morgan fingerprint density at radius 1 is 0.943 bits per heavy atom. The van der Waals surface area contributed by atoms with Crippen molar-refractivity contribution in [3.8, 4) is 0 Å². The van der Waals surface area contributed by atoms with Gasteiger partial charge in [0.05, 0.1) is 23.3 Å². The summed E-state index contributed by atoms with van der Waals surface area (Å²) in [5.74, 6) is 0.0974. The van der Waals surface area contributed by atoms with E-state index >= 15 is 0 Å². The van der Waals surface area contributed by atoms with Gasteiger partial charge >= 0.3 is 0 Å². The molecule has 2 fully saturated rings. The summed E-state index contributed by atoms with van der Waals surface area (Å²) in [6, 6.07) is 14.0. The van der Waals surface area contributed by atoms with Gasteiger partial charge in [0.2, 0.25) is 5.91 Å². The second-order valence-electron chi connectivity index (χ2n) is 10.0. The summed E-state index contributed by atoms with van der Waals surface area (Å²) >= 11 is 6.31. The van der Waals surface area contributed by atoms with E-state index in [0.717, 1.165) is 49.7 Å². The molecule has 0 aliphatic carbocycles. The van der Waals surface area contributed by atoms with Gasteiger partial charge in [0.15, 0.2) is 0 Å². The fourth-order valence-corrected chi connectivity index (χ4v) is 6.16. The van der Waals surface area contributed by atoms with Crippen LogP contribution in [0.25, 0.3) is 10.9 Å². The number of piperidine rings is 2. The normalized spacial score (nSPS) is 19.3. The molecule has 182 valence electrons. The Morgan fingerprint density at radius 3 is 2.51 bits per heavy atom. The maximum absolute atomic E-state index is 13.7. The number of amides is 2. The first-order valence-corrected chi connectivity index (χ1v) is 13.0. The van der Waals surface area contributed by atoms with Crippen molar-refractivity contribution < 1.29 is 14.3 Å². The quantitative estimate of drug-likeness (QED) is 0.520. The second kappa shape index (κ2) is 8.99. The van der Waals surface area contributed by atoms with Crippen molar-refractivity contribution >= 4 is 34.3 Å². The molecule has 2 saturated heterocycles. The molecule has 0 unspecified atom stereocenters. The van der Waals surface area contributed by atoms with Crippen LogP contribution in [0.4, 0.5) is 0 Å². The van der Waals surface area contributed by atoms with E-state index in [1.165, 1.54) is 17.5 Å². The van der Waals surface area contributed by atoms with Gasteiger partial charge < -0.3 is 19.1 Å². The minimum absolute atomic E-state index is 0.00243. The molecule has 0 N–H and O–H groups in total. The maximum Gasteiger partial charge on any atom is 0.256 e. The van der Waals surface area contributed by atoms with Crippen molar-refractivity contribution in [2.75, 3.05) is 26.2 Å². The second-order valence-corrected chi connectivity index (χ2v) is 10.4. The maximum atomic E-state index is 13.7. The zero-order chi connectivity index (χ0) is 24.0. The number of aromatic nitrogens is 1. The molecule has 3 aliphatic rings. The van der Waals surface area contributed by atoms with Crippen molar-refractivity contribution in [3.05, 3.63) is 70.4 Å². The largest absolute Gasteiger partial charge is 0.365 e. The summed E-state index contributed by atoms with van der Waals surface area (Å²) in [5.41, 5.74) is 3.70. The highest BCUT2D eigenvalue weighted by Crippen LogP contribution is 2.44. The Kier molecular flexibility index (Phi) is 5.81. The van der Waals surface area contributed by atoms with Gasteiger partial charge in [0, 0.05) is 42.8 Å². The molecule has 0 saturated carbocycles. The number of benzene rings is 2. The molecule has 1 aromatic heterocycles. The van der Waals surface area contributed by atoms with Gasteiger partial charge in [-0.05, 0) is 55.4 Å². The lowest BCUT2D eigenvalue weighted by Crippen LogP contribution is -2.45. The first kappa shape index (κ1) is 22.6. The number of hydrogen-bond donors (Lipinski definition) is 0. The van der Waals surface area contributed by atoms with Crippen molar-refractivity contribution in [2.45, 2.75) is 50.9 Å². The summed E-state index contributed by atoms with van der Waals surface area (Å²) in [4.78, 5) is 30.5. The molecular formula is C28H30ClN3O3. The molecule has 3 aromatic rings. The molecule has 6 rings (SSSR count). The number of hydrogen-bond acceptors (Lipinski definition) is 3. The lowest BCUT2D eigenvalue weighted by Gasteiger charge is -2.39. The molecule has 0 bridgehead atoms. The topological polar surface area (TPSA) is 54.8 Å². The number of halogens is 1. The average Bonchev–Trinajstić information content (AvgIpc) is 3.43. The van der Waals surface area contributed by atoms with Crippen LogP contribution in [0.2, 0.25) is 5.02 Å². The number of ether oxygens (including phenoxy) is 1. The predicted molar refractivity (Wildman–Crippen MR) is 135 cm³/mol. The van der Waals surface area contributed by atoms with Crippen molar-refractivity contribution in [1.82, 2.24) is 14.4 Å². The fraction of sp³-hybridized carbons (Fsp3) is 0.429. The van der Waals surface area contributed by atoms with Gasteiger partial charge in [0.25, 0.3) is 5.91 Å². The Balaban J connectivity index is 1.24. The smallest absolute Gasteiger partial charge is 0.256 e. The third-order valence-corrected chi connectivity index (χ3v) is 8.19. The van der Waals surface area contributed by atoms with Gasteiger partial charge in [0.1, 0.15) is 6.54 Å². The van der Waals surface area contributed by atoms with E-state index in [0.29, 0.717) is 30.3 Å². The Bertz CT molecular complexity index is 1290. The minimum Gasteiger partial charge on any atom is -0.365 e. The molecule has 4 heterocycles. The molecule has 0 radical (unpaired) electrons. The molecule has 35 heavy (non-hydrogen) atoms. The number of carbonyl (C=O) groups excluding carboxylic acids is 2. The van der Waals surface area contributed by atoms with Crippen molar-refractivity contribution in [1.29, 1.82) is 0 Å².